The van der Waals surface area contributed by atoms with Crippen LogP contribution in [0.25, 0.3) is 22.3 Å². The SMILES string of the molecule is Cn1c(=O)c2c(ncn2CC(=O)OCC(=O)Nc2ccccc2-c2ccccc2)n(C)c1=O. The van der Waals surface area contributed by atoms with Gasteiger partial charge in [0.1, 0.15) is 6.54 Å². The molecule has 1 amide bonds. The third kappa shape index (κ3) is 4.31. The number of nitrogens with zero attached hydrogens (tertiary/aromatic N) is 4. The van der Waals surface area contributed by atoms with Gasteiger partial charge in [0.15, 0.2) is 17.8 Å². The Morgan fingerprint density at radius 3 is 2.42 bits per heavy atom. The number of para-hydroxylation sites is 1. The highest BCUT2D eigenvalue weighted by atomic mass is 16.5. The molecule has 0 aliphatic carbocycles. The van der Waals surface area contributed by atoms with Crippen LogP contribution < -0.4 is 16.6 Å². The van der Waals surface area contributed by atoms with Gasteiger partial charge in [-0.05, 0) is 11.6 Å². The van der Waals surface area contributed by atoms with Crippen LogP contribution in [0.15, 0.2) is 70.5 Å². The molecule has 0 saturated carbocycles. The van der Waals surface area contributed by atoms with Gasteiger partial charge in [0.2, 0.25) is 0 Å². The van der Waals surface area contributed by atoms with E-state index >= 15 is 0 Å². The maximum absolute atomic E-state index is 12.5. The number of carbonyl (C=O) groups is 2. The Kier molecular flexibility index (Phi) is 5.90. The van der Waals surface area contributed by atoms with Crippen molar-refractivity contribution in [3.8, 4) is 11.1 Å². The van der Waals surface area contributed by atoms with Crippen LogP contribution in [0.1, 0.15) is 0 Å². The van der Waals surface area contributed by atoms with Crippen molar-refractivity contribution in [1.29, 1.82) is 0 Å². The molecule has 168 valence electrons. The maximum Gasteiger partial charge on any atom is 0.332 e. The van der Waals surface area contributed by atoms with E-state index in [0.717, 1.165) is 15.7 Å². The van der Waals surface area contributed by atoms with Crippen LogP contribution in [0.2, 0.25) is 0 Å². The van der Waals surface area contributed by atoms with E-state index in [1.54, 1.807) is 12.1 Å². The molecule has 0 unspecified atom stereocenters. The summed E-state index contributed by atoms with van der Waals surface area (Å²) in [5.41, 5.74) is 1.53. The average molecular weight is 447 g/mol. The molecular formula is C23H21N5O5. The van der Waals surface area contributed by atoms with E-state index in [2.05, 4.69) is 10.3 Å². The number of ether oxygens (including phenoxy) is 1. The van der Waals surface area contributed by atoms with Crippen molar-refractivity contribution >= 4 is 28.7 Å². The van der Waals surface area contributed by atoms with Crippen LogP contribution in [0.3, 0.4) is 0 Å². The van der Waals surface area contributed by atoms with Crippen LogP contribution in [0.5, 0.6) is 0 Å². The van der Waals surface area contributed by atoms with Gasteiger partial charge in [0.25, 0.3) is 11.5 Å². The molecule has 33 heavy (non-hydrogen) atoms. The number of hydrogen-bond donors (Lipinski definition) is 1. The summed E-state index contributed by atoms with van der Waals surface area (Å²) in [5.74, 6) is -1.22. The molecule has 0 radical (unpaired) electrons. The fraction of sp³-hybridized carbons (Fsp3) is 0.174. The first-order valence-electron chi connectivity index (χ1n) is 10.1. The first kappa shape index (κ1) is 21.8. The Morgan fingerprint density at radius 1 is 0.970 bits per heavy atom. The van der Waals surface area contributed by atoms with Crippen molar-refractivity contribution in [2.75, 3.05) is 11.9 Å². The third-order valence-corrected chi connectivity index (χ3v) is 5.17. The van der Waals surface area contributed by atoms with Gasteiger partial charge in [-0.3, -0.25) is 23.5 Å². The molecule has 0 atom stereocenters. The predicted octanol–water partition coefficient (Wildman–Crippen LogP) is 1.28. The molecule has 4 aromatic rings. The van der Waals surface area contributed by atoms with Gasteiger partial charge in [-0.1, -0.05) is 48.5 Å². The summed E-state index contributed by atoms with van der Waals surface area (Å²) >= 11 is 0. The average Bonchev–Trinajstić information content (AvgIpc) is 3.24. The molecule has 2 heterocycles. The molecule has 0 aliphatic heterocycles. The highest BCUT2D eigenvalue weighted by Crippen LogP contribution is 2.27. The van der Waals surface area contributed by atoms with Crippen LogP contribution in [0, 0.1) is 0 Å². The quantitative estimate of drug-likeness (QED) is 0.445. The topological polar surface area (TPSA) is 117 Å². The molecule has 0 fully saturated rings. The van der Waals surface area contributed by atoms with Crippen LogP contribution >= 0.6 is 0 Å². The number of anilines is 1. The number of carbonyl (C=O) groups excluding carboxylic acids is 2. The Labute approximate surface area is 187 Å². The fourth-order valence-corrected chi connectivity index (χ4v) is 3.50. The van der Waals surface area contributed by atoms with Crippen molar-refractivity contribution < 1.29 is 14.3 Å². The Hall–Kier alpha value is -4.47. The number of amides is 1. The normalized spacial score (nSPS) is 10.8. The monoisotopic (exact) mass is 447 g/mol. The van der Waals surface area contributed by atoms with E-state index in [1.807, 2.05) is 42.5 Å². The molecule has 10 heteroatoms. The molecule has 0 saturated heterocycles. The number of aromatic nitrogens is 4. The first-order valence-corrected chi connectivity index (χ1v) is 10.1. The second-order valence-electron chi connectivity index (χ2n) is 7.37. The maximum atomic E-state index is 12.5. The number of benzene rings is 2. The summed E-state index contributed by atoms with van der Waals surface area (Å²) in [5, 5.41) is 2.76. The minimum atomic E-state index is -0.725. The van der Waals surface area contributed by atoms with Crippen molar-refractivity contribution in [1.82, 2.24) is 18.7 Å². The minimum Gasteiger partial charge on any atom is -0.454 e. The van der Waals surface area contributed by atoms with Gasteiger partial charge < -0.3 is 14.6 Å². The summed E-state index contributed by atoms with van der Waals surface area (Å²) in [6.07, 6.45) is 1.28. The molecule has 0 aliphatic rings. The molecule has 0 bridgehead atoms. The van der Waals surface area contributed by atoms with Crippen LogP contribution in [-0.4, -0.2) is 37.2 Å². The van der Waals surface area contributed by atoms with E-state index in [9.17, 15) is 19.2 Å². The number of nitrogens with one attached hydrogen (secondary N) is 1. The lowest BCUT2D eigenvalue weighted by molar-refractivity contribution is -0.147. The first-order chi connectivity index (χ1) is 15.9. The van der Waals surface area contributed by atoms with Gasteiger partial charge in [0, 0.05) is 25.3 Å². The van der Waals surface area contributed by atoms with Crippen LogP contribution in [-0.2, 0) is 35.0 Å². The highest BCUT2D eigenvalue weighted by molar-refractivity contribution is 5.96. The van der Waals surface area contributed by atoms with E-state index in [1.165, 1.54) is 29.6 Å². The van der Waals surface area contributed by atoms with Crippen molar-refractivity contribution in [2.45, 2.75) is 6.54 Å². The zero-order chi connectivity index (χ0) is 23.5. The number of imidazole rings is 1. The summed E-state index contributed by atoms with van der Waals surface area (Å²) in [7, 11) is 2.83. The summed E-state index contributed by atoms with van der Waals surface area (Å²) < 4.78 is 8.54. The molecule has 0 spiro atoms. The molecule has 4 rings (SSSR count). The van der Waals surface area contributed by atoms with Gasteiger partial charge in [0.05, 0.1) is 6.33 Å². The molecule has 1 N–H and O–H groups in total. The van der Waals surface area contributed by atoms with Gasteiger partial charge in [-0.15, -0.1) is 0 Å². The summed E-state index contributed by atoms with van der Waals surface area (Å²) in [6, 6.07) is 16.9. The minimum absolute atomic E-state index is 0.0952. The summed E-state index contributed by atoms with van der Waals surface area (Å²) in [6.45, 7) is -0.830. The lowest BCUT2D eigenvalue weighted by Gasteiger charge is -2.12. The van der Waals surface area contributed by atoms with E-state index in [0.29, 0.717) is 5.69 Å². The van der Waals surface area contributed by atoms with E-state index in [4.69, 9.17) is 4.74 Å². The fourth-order valence-electron chi connectivity index (χ4n) is 3.50. The van der Waals surface area contributed by atoms with E-state index < -0.39 is 29.7 Å². The Morgan fingerprint density at radius 2 is 1.67 bits per heavy atom. The van der Waals surface area contributed by atoms with Crippen molar-refractivity contribution in [3.05, 3.63) is 81.8 Å². The van der Waals surface area contributed by atoms with Crippen LogP contribution in [0.4, 0.5) is 5.69 Å². The zero-order valence-electron chi connectivity index (χ0n) is 18.0. The Balaban J connectivity index is 1.43. The van der Waals surface area contributed by atoms with Gasteiger partial charge in [-0.25, -0.2) is 9.78 Å². The second kappa shape index (κ2) is 8.95. The number of hydrogen-bond acceptors (Lipinski definition) is 6. The van der Waals surface area contributed by atoms with Crippen molar-refractivity contribution in [2.24, 2.45) is 14.1 Å². The smallest absolute Gasteiger partial charge is 0.332 e. The van der Waals surface area contributed by atoms with E-state index in [-0.39, 0.29) is 17.7 Å². The predicted molar refractivity (Wildman–Crippen MR) is 122 cm³/mol. The molecule has 2 aromatic carbocycles. The number of fused-ring (bicyclic) bond motifs is 1. The molecule has 2 aromatic heterocycles. The molecular weight excluding hydrogens is 426 g/mol. The zero-order valence-corrected chi connectivity index (χ0v) is 18.0. The number of aryl methyl sites for hydroxylation is 1. The lowest BCUT2D eigenvalue weighted by atomic mass is 10.0. The van der Waals surface area contributed by atoms with Gasteiger partial charge >= 0.3 is 11.7 Å². The lowest BCUT2D eigenvalue weighted by Crippen LogP contribution is -2.37. The summed E-state index contributed by atoms with van der Waals surface area (Å²) in [4.78, 5) is 53.2. The second-order valence-corrected chi connectivity index (χ2v) is 7.37. The Bertz CT molecular complexity index is 1470. The standard InChI is InChI=1S/C23H21N5O5/c1-26-21-20(22(31)27(2)23(26)32)28(14-24-21)12-19(30)33-13-18(29)25-17-11-7-6-10-16(17)15-8-4-3-5-9-15/h3-11,14H,12-13H2,1-2H3,(H,25,29). The number of rotatable bonds is 6. The highest BCUT2D eigenvalue weighted by Gasteiger charge is 2.17. The van der Waals surface area contributed by atoms with Gasteiger partial charge in [-0.2, -0.15) is 0 Å². The molecule has 10 nitrogen and oxygen atoms in total. The third-order valence-electron chi connectivity index (χ3n) is 5.17. The van der Waals surface area contributed by atoms with Crippen molar-refractivity contribution in [3.63, 3.8) is 0 Å². The number of esters is 1. The largest absolute Gasteiger partial charge is 0.454 e.